The van der Waals surface area contributed by atoms with Gasteiger partial charge in [0.05, 0.1) is 11.2 Å². The molecular formula is C16H27N3O2S. The van der Waals surface area contributed by atoms with Crippen molar-refractivity contribution in [1.29, 1.82) is 0 Å². The Kier molecular flexibility index (Phi) is 6.20. The van der Waals surface area contributed by atoms with E-state index in [-0.39, 0.29) is 6.09 Å². The Morgan fingerprint density at radius 1 is 1.41 bits per heavy atom. The average Bonchev–Trinajstić information content (AvgIpc) is 2.95. The van der Waals surface area contributed by atoms with Gasteiger partial charge >= 0.3 is 6.09 Å². The normalized spacial score (nSPS) is 22.3. The van der Waals surface area contributed by atoms with Crippen molar-refractivity contribution >= 4 is 17.4 Å². The largest absolute Gasteiger partial charge is 0.444 e. The first-order valence-corrected chi connectivity index (χ1v) is 8.95. The van der Waals surface area contributed by atoms with Gasteiger partial charge in [-0.2, -0.15) is 0 Å². The van der Waals surface area contributed by atoms with Gasteiger partial charge in [-0.3, -0.25) is 0 Å². The summed E-state index contributed by atoms with van der Waals surface area (Å²) in [5, 5.41) is 8.59. The Morgan fingerprint density at radius 3 is 2.86 bits per heavy atom. The smallest absolute Gasteiger partial charge is 0.407 e. The third kappa shape index (κ3) is 5.93. The number of thiazole rings is 1. The molecule has 1 aromatic rings. The molecular weight excluding hydrogens is 298 g/mol. The minimum absolute atomic E-state index is 0.323. The third-order valence-electron chi connectivity index (χ3n) is 3.85. The van der Waals surface area contributed by atoms with Gasteiger partial charge in [0.15, 0.2) is 0 Å². The second kappa shape index (κ2) is 7.92. The predicted octanol–water partition coefficient (Wildman–Crippen LogP) is 3.32. The van der Waals surface area contributed by atoms with Gasteiger partial charge in [0, 0.05) is 24.5 Å². The van der Waals surface area contributed by atoms with Crippen molar-refractivity contribution < 1.29 is 9.53 Å². The zero-order chi connectivity index (χ0) is 16.0. The van der Waals surface area contributed by atoms with E-state index in [9.17, 15) is 4.79 Å². The van der Waals surface area contributed by atoms with Crippen molar-refractivity contribution in [1.82, 2.24) is 15.6 Å². The van der Waals surface area contributed by atoms with E-state index < -0.39 is 5.60 Å². The molecule has 1 aliphatic rings. The molecule has 2 rings (SSSR count). The molecule has 0 aromatic carbocycles. The first-order chi connectivity index (χ1) is 10.4. The van der Waals surface area contributed by atoms with E-state index >= 15 is 0 Å². The fraction of sp³-hybridized carbons (Fsp3) is 0.750. The van der Waals surface area contributed by atoms with Crippen LogP contribution in [0.25, 0.3) is 0 Å². The standard InChI is InChI=1S/C16H27N3O2S/c1-16(2,3)21-15(20)18-8-12-6-4-5-7-14(12)17-9-13-10-22-11-19-13/h10-12,14,17H,4-9H2,1-3H3,(H,18,20). The van der Waals surface area contributed by atoms with E-state index in [4.69, 9.17) is 4.74 Å². The van der Waals surface area contributed by atoms with Gasteiger partial charge in [0.25, 0.3) is 0 Å². The molecule has 6 heteroatoms. The molecule has 1 aromatic heterocycles. The first-order valence-electron chi connectivity index (χ1n) is 8.01. The van der Waals surface area contributed by atoms with Crippen LogP contribution in [0, 0.1) is 5.92 Å². The minimum atomic E-state index is -0.446. The molecule has 1 saturated carbocycles. The summed E-state index contributed by atoms with van der Waals surface area (Å²) < 4.78 is 5.30. The van der Waals surface area contributed by atoms with Crippen molar-refractivity contribution in [3.63, 3.8) is 0 Å². The van der Waals surface area contributed by atoms with Crippen LogP contribution in [0.15, 0.2) is 10.9 Å². The molecule has 0 bridgehead atoms. The van der Waals surface area contributed by atoms with Gasteiger partial charge in [0.2, 0.25) is 0 Å². The Hall–Kier alpha value is -1.14. The number of rotatable bonds is 5. The molecule has 5 nitrogen and oxygen atoms in total. The quantitative estimate of drug-likeness (QED) is 0.872. The van der Waals surface area contributed by atoms with Crippen LogP contribution in [-0.4, -0.2) is 29.3 Å². The maximum absolute atomic E-state index is 11.8. The maximum atomic E-state index is 11.8. The summed E-state index contributed by atoms with van der Waals surface area (Å²) in [5.41, 5.74) is 2.51. The van der Waals surface area contributed by atoms with Gasteiger partial charge < -0.3 is 15.4 Å². The van der Waals surface area contributed by atoms with Crippen LogP contribution in [-0.2, 0) is 11.3 Å². The zero-order valence-corrected chi connectivity index (χ0v) is 14.5. The van der Waals surface area contributed by atoms with Crippen molar-refractivity contribution in [3.8, 4) is 0 Å². The van der Waals surface area contributed by atoms with E-state index in [2.05, 4.69) is 21.0 Å². The second-order valence-corrected chi connectivity index (χ2v) is 7.61. The lowest BCUT2D eigenvalue weighted by atomic mass is 9.84. The fourth-order valence-electron chi connectivity index (χ4n) is 2.81. The Bertz CT molecular complexity index is 456. The Labute approximate surface area is 136 Å². The summed E-state index contributed by atoms with van der Waals surface area (Å²) in [5.74, 6) is 0.458. The SMILES string of the molecule is CC(C)(C)OC(=O)NCC1CCCCC1NCc1cscn1. The van der Waals surface area contributed by atoms with Crippen molar-refractivity contribution in [3.05, 3.63) is 16.6 Å². The van der Waals surface area contributed by atoms with Crippen molar-refractivity contribution in [2.75, 3.05) is 6.54 Å². The first kappa shape index (κ1) is 17.2. The molecule has 0 radical (unpaired) electrons. The van der Waals surface area contributed by atoms with E-state index in [1.54, 1.807) is 11.3 Å². The molecule has 1 amide bonds. The Morgan fingerprint density at radius 2 is 2.18 bits per heavy atom. The number of nitrogens with zero attached hydrogens (tertiary/aromatic N) is 1. The highest BCUT2D eigenvalue weighted by molar-refractivity contribution is 7.07. The predicted molar refractivity (Wildman–Crippen MR) is 88.9 cm³/mol. The summed E-state index contributed by atoms with van der Waals surface area (Å²) in [6.07, 6.45) is 4.46. The molecule has 0 saturated heterocycles. The topological polar surface area (TPSA) is 63.2 Å². The molecule has 2 atom stereocenters. The highest BCUT2D eigenvalue weighted by Gasteiger charge is 2.26. The number of carbonyl (C=O) groups excluding carboxylic acids is 1. The summed E-state index contributed by atoms with van der Waals surface area (Å²) in [6, 6.07) is 0.436. The van der Waals surface area contributed by atoms with Gasteiger partial charge in [-0.15, -0.1) is 11.3 Å². The van der Waals surface area contributed by atoms with Gasteiger partial charge in [-0.1, -0.05) is 12.8 Å². The number of hydrogen-bond acceptors (Lipinski definition) is 5. The maximum Gasteiger partial charge on any atom is 0.407 e. The van der Waals surface area contributed by atoms with Crippen molar-refractivity contribution in [2.24, 2.45) is 5.92 Å². The molecule has 124 valence electrons. The number of nitrogens with one attached hydrogen (secondary N) is 2. The van der Waals surface area contributed by atoms with E-state index in [1.165, 1.54) is 12.8 Å². The highest BCUT2D eigenvalue weighted by Crippen LogP contribution is 2.24. The van der Waals surface area contributed by atoms with Crippen LogP contribution in [0.5, 0.6) is 0 Å². The van der Waals surface area contributed by atoms with E-state index in [0.29, 0.717) is 18.5 Å². The fourth-order valence-corrected chi connectivity index (χ4v) is 3.37. The van der Waals surface area contributed by atoms with Crippen LogP contribution in [0.4, 0.5) is 4.79 Å². The molecule has 1 fully saturated rings. The summed E-state index contributed by atoms with van der Waals surface area (Å²) in [4.78, 5) is 16.1. The number of hydrogen-bond donors (Lipinski definition) is 2. The third-order valence-corrected chi connectivity index (χ3v) is 4.48. The van der Waals surface area contributed by atoms with Crippen LogP contribution in [0.3, 0.4) is 0 Å². The molecule has 22 heavy (non-hydrogen) atoms. The monoisotopic (exact) mass is 325 g/mol. The number of aromatic nitrogens is 1. The molecule has 1 aliphatic carbocycles. The molecule has 1 heterocycles. The lowest BCUT2D eigenvalue weighted by Crippen LogP contribution is -2.44. The van der Waals surface area contributed by atoms with Crippen LogP contribution in [0.2, 0.25) is 0 Å². The number of alkyl carbamates (subject to hydrolysis) is 1. The molecule has 2 unspecified atom stereocenters. The average molecular weight is 325 g/mol. The van der Waals surface area contributed by atoms with E-state index in [0.717, 1.165) is 25.1 Å². The highest BCUT2D eigenvalue weighted by atomic mass is 32.1. The molecule has 2 N–H and O–H groups in total. The summed E-state index contributed by atoms with van der Waals surface area (Å²) in [7, 11) is 0. The summed E-state index contributed by atoms with van der Waals surface area (Å²) >= 11 is 1.62. The number of ether oxygens (including phenoxy) is 1. The molecule has 0 spiro atoms. The van der Waals surface area contributed by atoms with Crippen LogP contribution in [0.1, 0.15) is 52.1 Å². The lowest BCUT2D eigenvalue weighted by molar-refractivity contribution is 0.0510. The Balaban J connectivity index is 1.78. The van der Waals surface area contributed by atoms with Gasteiger partial charge in [0.1, 0.15) is 5.60 Å². The van der Waals surface area contributed by atoms with Gasteiger partial charge in [-0.05, 0) is 39.5 Å². The lowest BCUT2D eigenvalue weighted by Gasteiger charge is -2.32. The van der Waals surface area contributed by atoms with Gasteiger partial charge in [-0.25, -0.2) is 9.78 Å². The zero-order valence-electron chi connectivity index (χ0n) is 13.7. The molecule has 0 aliphatic heterocycles. The second-order valence-electron chi connectivity index (χ2n) is 6.89. The number of carbonyl (C=O) groups is 1. The minimum Gasteiger partial charge on any atom is -0.444 e. The number of amides is 1. The van der Waals surface area contributed by atoms with Crippen LogP contribution >= 0.6 is 11.3 Å². The van der Waals surface area contributed by atoms with Crippen LogP contribution < -0.4 is 10.6 Å². The van der Waals surface area contributed by atoms with Crippen molar-refractivity contribution in [2.45, 2.75) is 64.6 Å². The van der Waals surface area contributed by atoms with E-state index in [1.807, 2.05) is 26.3 Å². The summed E-state index contributed by atoms with van der Waals surface area (Å²) in [6.45, 7) is 7.11.